The van der Waals surface area contributed by atoms with Gasteiger partial charge in [-0.1, -0.05) is 24.3 Å². The summed E-state index contributed by atoms with van der Waals surface area (Å²) in [6.07, 6.45) is 1.98. The highest BCUT2D eigenvalue weighted by atomic mass is 16.5. The maximum atomic E-state index is 13.4. The Morgan fingerprint density at radius 3 is 2.69 bits per heavy atom. The fourth-order valence-corrected chi connectivity index (χ4v) is 4.17. The lowest BCUT2D eigenvalue weighted by molar-refractivity contribution is 0.0735. The van der Waals surface area contributed by atoms with E-state index in [-0.39, 0.29) is 11.9 Å². The first kappa shape index (κ1) is 19.2. The molecule has 1 aliphatic heterocycles. The summed E-state index contributed by atoms with van der Waals surface area (Å²) in [4.78, 5) is 20.0. The molecule has 0 N–H and O–H groups in total. The van der Waals surface area contributed by atoms with E-state index < -0.39 is 0 Å². The van der Waals surface area contributed by atoms with E-state index in [1.54, 1.807) is 7.11 Å². The number of aryl methyl sites for hydroxylation is 2. The summed E-state index contributed by atoms with van der Waals surface area (Å²) >= 11 is 0. The summed E-state index contributed by atoms with van der Waals surface area (Å²) in [5, 5.41) is 0. The van der Waals surface area contributed by atoms with Gasteiger partial charge in [0.05, 0.1) is 18.8 Å². The standard InChI is InChI=1S/C25H26N2O2/c1-17-13-18(2)26-23(14-17)19-7-4-9-21(15-19)25(28)27-12-6-11-24(27)20-8-5-10-22(16-20)29-3/h4-5,7-10,13-16,24H,6,11-12H2,1-3H3/t24-/m1/s1. The molecular weight excluding hydrogens is 360 g/mol. The number of amides is 1. The van der Waals surface area contributed by atoms with E-state index >= 15 is 0 Å². The number of rotatable bonds is 4. The number of pyridine rings is 1. The van der Waals surface area contributed by atoms with Crippen molar-refractivity contribution in [2.45, 2.75) is 32.7 Å². The van der Waals surface area contributed by atoms with Crippen LogP contribution in [0.1, 0.15) is 46.1 Å². The lowest BCUT2D eigenvalue weighted by Gasteiger charge is -2.25. The van der Waals surface area contributed by atoms with Crippen LogP contribution >= 0.6 is 0 Å². The predicted molar refractivity (Wildman–Crippen MR) is 115 cm³/mol. The molecule has 1 aromatic heterocycles. The van der Waals surface area contributed by atoms with Crippen LogP contribution in [0.15, 0.2) is 60.7 Å². The maximum Gasteiger partial charge on any atom is 0.254 e. The Labute approximate surface area is 172 Å². The van der Waals surface area contributed by atoms with Crippen molar-refractivity contribution in [3.8, 4) is 17.0 Å². The van der Waals surface area contributed by atoms with E-state index in [4.69, 9.17) is 4.74 Å². The minimum absolute atomic E-state index is 0.0709. The van der Waals surface area contributed by atoms with E-state index in [0.717, 1.165) is 47.7 Å². The minimum atomic E-state index is 0.0709. The monoisotopic (exact) mass is 386 g/mol. The lowest BCUT2D eigenvalue weighted by Crippen LogP contribution is -2.30. The molecule has 148 valence electrons. The third-order valence-corrected chi connectivity index (χ3v) is 5.50. The fourth-order valence-electron chi connectivity index (χ4n) is 4.17. The number of methoxy groups -OCH3 is 1. The van der Waals surface area contributed by atoms with E-state index in [1.807, 2.05) is 54.3 Å². The van der Waals surface area contributed by atoms with Crippen LogP contribution in [0, 0.1) is 13.8 Å². The quantitative estimate of drug-likeness (QED) is 0.607. The Hall–Kier alpha value is -3.14. The third-order valence-electron chi connectivity index (χ3n) is 5.50. The topological polar surface area (TPSA) is 42.4 Å². The number of benzene rings is 2. The lowest BCUT2D eigenvalue weighted by atomic mass is 10.0. The average molecular weight is 386 g/mol. The molecule has 0 aliphatic carbocycles. The molecule has 1 amide bonds. The number of nitrogens with zero attached hydrogens (tertiary/aromatic N) is 2. The molecule has 2 aromatic carbocycles. The number of hydrogen-bond donors (Lipinski definition) is 0. The zero-order chi connectivity index (χ0) is 20.4. The highest BCUT2D eigenvalue weighted by molar-refractivity contribution is 5.95. The Bertz CT molecular complexity index is 1020. The Kier molecular flexibility index (Phi) is 5.34. The number of ether oxygens (including phenoxy) is 1. The highest BCUT2D eigenvalue weighted by Crippen LogP contribution is 2.35. The van der Waals surface area contributed by atoms with Crippen molar-refractivity contribution < 1.29 is 9.53 Å². The zero-order valence-electron chi connectivity index (χ0n) is 17.2. The molecule has 0 spiro atoms. The average Bonchev–Trinajstić information content (AvgIpc) is 3.22. The van der Waals surface area contributed by atoms with Crippen molar-refractivity contribution in [3.63, 3.8) is 0 Å². The van der Waals surface area contributed by atoms with E-state index in [0.29, 0.717) is 5.56 Å². The van der Waals surface area contributed by atoms with Gasteiger partial charge in [0, 0.05) is 23.4 Å². The van der Waals surface area contributed by atoms with Crippen molar-refractivity contribution in [3.05, 3.63) is 83.0 Å². The van der Waals surface area contributed by atoms with E-state index in [9.17, 15) is 4.79 Å². The summed E-state index contributed by atoms with van der Waals surface area (Å²) < 4.78 is 5.37. The number of hydrogen-bond acceptors (Lipinski definition) is 3. The molecule has 3 aromatic rings. The molecule has 1 saturated heterocycles. The largest absolute Gasteiger partial charge is 0.497 e. The van der Waals surface area contributed by atoms with Gasteiger partial charge in [0.25, 0.3) is 5.91 Å². The molecule has 0 saturated carbocycles. The normalized spacial score (nSPS) is 16.1. The molecule has 0 unspecified atom stereocenters. The third kappa shape index (κ3) is 4.02. The van der Waals surface area contributed by atoms with Crippen LogP contribution in [-0.2, 0) is 0 Å². The molecule has 1 aliphatic rings. The molecule has 0 radical (unpaired) electrons. The van der Waals surface area contributed by atoms with Gasteiger partial charge in [0.2, 0.25) is 0 Å². The summed E-state index contributed by atoms with van der Waals surface area (Å²) in [7, 11) is 1.67. The van der Waals surface area contributed by atoms with Crippen LogP contribution < -0.4 is 4.74 Å². The second-order valence-electron chi connectivity index (χ2n) is 7.69. The van der Waals surface area contributed by atoms with Gasteiger partial charge < -0.3 is 9.64 Å². The van der Waals surface area contributed by atoms with Crippen LogP contribution in [0.25, 0.3) is 11.3 Å². The zero-order valence-corrected chi connectivity index (χ0v) is 17.2. The molecule has 4 rings (SSSR count). The predicted octanol–water partition coefficient (Wildman–Crippen LogP) is 5.35. The van der Waals surface area contributed by atoms with Gasteiger partial charge in [-0.3, -0.25) is 9.78 Å². The van der Waals surface area contributed by atoms with Gasteiger partial charge in [-0.25, -0.2) is 0 Å². The second kappa shape index (κ2) is 8.08. The first-order valence-electron chi connectivity index (χ1n) is 10.1. The number of carbonyl (C=O) groups is 1. The van der Waals surface area contributed by atoms with Crippen molar-refractivity contribution >= 4 is 5.91 Å². The number of likely N-dealkylation sites (tertiary alicyclic amines) is 1. The Morgan fingerprint density at radius 2 is 1.90 bits per heavy atom. The van der Waals surface area contributed by atoms with Crippen molar-refractivity contribution in [2.24, 2.45) is 0 Å². The summed E-state index contributed by atoms with van der Waals surface area (Å²) in [6.45, 7) is 4.83. The Balaban J connectivity index is 1.63. The Morgan fingerprint density at radius 1 is 1.07 bits per heavy atom. The molecule has 1 atom stereocenters. The number of carbonyl (C=O) groups excluding carboxylic acids is 1. The van der Waals surface area contributed by atoms with Gasteiger partial charge in [0.1, 0.15) is 5.75 Å². The molecule has 29 heavy (non-hydrogen) atoms. The fraction of sp³-hybridized carbons (Fsp3) is 0.280. The second-order valence-corrected chi connectivity index (χ2v) is 7.69. The molecule has 0 bridgehead atoms. The number of aromatic nitrogens is 1. The first-order chi connectivity index (χ1) is 14.0. The maximum absolute atomic E-state index is 13.4. The van der Waals surface area contributed by atoms with Crippen molar-refractivity contribution in [2.75, 3.05) is 13.7 Å². The summed E-state index contributed by atoms with van der Waals surface area (Å²) in [6, 6.07) is 20.1. The molecular formula is C25H26N2O2. The van der Waals surface area contributed by atoms with E-state index in [2.05, 4.69) is 30.1 Å². The highest BCUT2D eigenvalue weighted by Gasteiger charge is 2.31. The molecule has 2 heterocycles. The van der Waals surface area contributed by atoms with Gasteiger partial charge >= 0.3 is 0 Å². The van der Waals surface area contributed by atoms with Crippen LogP contribution in [-0.4, -0.2) is 29.4 Å². The van der Waals surface area contributed by atoms with Crippen LogP contribution in [0.4, 0.5) is 0 Å². The van der Waals surface area contributed by atoms with E-state index in [1.165, 1.54) is 5.56 Å². The van der Waals surface area contributed by atoms with Gasteiger partial charge in [0.15, 0.2) is 0 Å². The van der Waals surface area contributed by atoms with Gasteiger partial charge in [-0.05, 0) is 74.2 Å². The molecule has 4 nitrogen and oxygen atoms in total. The van der Waals surface area contributed by atoms with Crippen LogP contribution in [0.5, 0.6) is 5.75 Å². The van der Waals surface area contributed by atoms with Gasteiger partial charge in [-0.2, -0.15) is 0 Å². The first-order valence-corrected chi connectivity index (χ1v) is 10.1. The minimum Gasteiger partial charge on any atom is -0.497 e. The molecule has 1 fully saturated rings. The van der Waals surface area contributed by atoms with Crippen LogP contribution in [0.3, 0.4) is 0 Å². The van der Waals surface area contributed by atoms with Crippen molar-refractivity contribution in [1.82, 2.24) is 9.88 Å². The molecule has 4 heteroatoms. The summed E-state index contributed by atoms with van der Waals surface area (Å²) in [5.41, 5.74) is 5.86. The SMILES string of the molecule is COc1cccc([C@H]2CCCN2C(=O)c2cccc(-c3cc(C)cc(C)n3)c2)c1. The van der Waals surface area contributed by atoms with Crippen LogP contribution in [0.2, 0.25) is 0 Å². The van der Waals surface area contributed by atoms with Crippen molar-refractivity contribution in [1.29, 1.82) is 0 Å². The van der Waals surface area contributed by atoms with Gasteiger partial charge in [-0.15, -0.1) is 0 Å². The smallest absolute Gasteiger partial charge is 0.254 e. The summed E-state index contributed by atoms with van der Waals surface area (Å²) in [5.74, 6) is 0.895.